The van der Waals surface area contributed by atoms with Gasteiger partial charge in [-0.05, 0) is 56.2 Å². The number of allylic oxidation sites excluding steroid dienone is 1. The van der Waals surface area contributed by atoms with Crippen LogP contribution < -0.4 is 0 Å². The molecule has 0 radical (unpaired) electrons. The van der Waals surface area contributed by atoms with E-state index in [-0.39, 0.29) is 19.0 Å². The summed E-state index contributed by atoms with van der Waals surface area (Å²) in [6, 6.07) is 10.7. The summed E-state index contributed by atoms with van der Waals surface area (Å²) in [7, 11) is 0. The van der Waals surface area contributed by atoms with Gasteiger partial charge >= 0.3 is 0 Å². The smallest absolute Gasteiger partial charge is 0.247 e. The Balaban J connectivity index is 1.89. The maximum atomic E-state index is 13.5. The van der Waals surface area contributed by atoms with Crippen molar-refractivity contribution in [3.63, 3.8) is 0 Å². The first-order valence-corrected chi connectivity index (χ1v) is 12.3. The van der Waals surface area contributed by atoms with Gasteiger partial charge in [-0.2, -0.15) is 5.26 Å². The quantitative estimate of drug-likeness (QED) is 0.558. The number of likely N-dealkylation sites (tertiary alicyclic amines) is 1. The van der Waals surface area contributed by atoms with Crippen molar-refractivity contribution in [2.45, 2.75) is 46.5 Å². The van der Waals surface area contributed by atoms with Gasteiger partial charge in [0.05, 0.1) is 31.5 Å². The molecule has 0 spiro atoms. The lowest BCUT2D eigenvalue weighted by Crippen LogP contribution is -2.45. The molecule has 0 saturated carbocycles. The highest BCUT2D eigenvalue weighted by molar-refractivity contribution is 5.91. The van der Waals surface area contributed by atoms with Crippen LogP contribution in [0.5, 0.6) is 0 Å². The second kappa shape index (κ2) is 12.2. The maximum absolute atomic E-state index is 13.5. The zero-order chi connectivity index (χ0) is 24.5. The zero-order valence-corrected chi connectivity index (χ0v) is 20.9. The molecule has 0 N–H and O–H groups in total. The highest BCUT2D eigenvalue weighted by Crippen LogP contribution is 2.23. The highest BCUT2D eigenvalue weighted by atomic mass is 16.2. The molecule has 0 aliphatic carbocycles. The first-order chi connectivity index (χ1) is 16.4. The Hall–Kier alpha value is -3.33. The minimum absolute atomic E-state index is 0.0487. The summed E-state index contributed by atoms with van der Waals surface area (Å²) in [6.07, 6.45) is 8.05. The Morgan fingerprint density at radius 3 is 2.68 bits per heavy atom. The van der Waals surface area contributed by atoms with Gasteiger partial charge in [0.2, 0.25) is 5.91 Å². The Morgan fingerprint density at radius 1 is 1.24 bits per heavy atom. The van der Waals surface area contributed by atoms with Crippen LogP contribution in [-0.4, -0.2) is 66.2 Å². The van der Waals surface area contributed by atoms with Crippen LogP contribution in [0.25, 0.3) is 5.57 Å². The SMILES string of the molecule is C=C(CN1C=NC/C(C#N)=C(/N2CCCCC2)N(CC=C(C)C)CC1=O)c1cccc(CC)c1. The van der Waals surface area contributed by atoms with Crippen LogP contribution in [-0.2, 0) is 11.2 Å². The molecule has 0 aromatic heterocycles. The predicted molar refractivity (Wildman–Crippen MR) is 139 cm³/mol. The monoisotopic (exact) mass is 459 g/mol. The Kier molecular flexibility index (Phi) is 9.09. The van der Waals surface area contributed by atoms with Crippen LogP contribution in [0.3, 0.4) is 0 Å². The third-order valence-electron chi connectivity index (χ3n) is 6.30. The van der Waals surface area contributed by atoms with Crippen molar-refractivity contribution in [2.75, 3.05) is 39.3 Å². The molecule has 2 aliphatic rings. The lowest BCUT2D eigenvalue weighted by Gasteiger charge is -2.38. The molecular weight excluding hydrogens is 422 g/mol. The van der Waals surface area contributed by atoms with E-state index in [2.05, 4.69) is 66.4 Å². The van der Waals surface area contributed by atoms with Crippen LogP contribution in [0, 0.1) is 11.3 Å². The average Bonchev–Trinajstić information content (AvgIpc) is 2.91. The van der Waals surface area contributed by atoms with E-state index in [4.69, 9.17) is 0 Å². The summed E-state index contributed by atoms with van der Waals surface area (Å²) in [6.45, 7) is 13.7. The van der Waals surface area contributed by atoms with Crippen molar-refractivity contribution in [2.24, 2.45) is 4.99 Å². The number of carbonyl (C=O) groups is 1. The Bertz CT molecular complexity index is 1020. The van der Waals surface area contributed by atoms with Gasteiger partial charge in [-0.15, -0.1) is 0 Å². The van der Waals surface area contributed by atoms with Crippen LogP contribution in [0.2, 0.25) is 0 Å². The third-order valence-corrected chi connectivity index (χ3v) is 6.30. The molecule has 1 aromatic carbocycles. The van der Waals surface area contributed by atoms with Crippen LogP contribution in [0.4, 0.5) is 0 Å². The van der Waals surface area contributed by atoms with Crippen molar-refractivity contribution >= 4 is 17.8 Å². The Labute approximate surface area is 204 Å². The molecule has 2 heterocycles. The van der Waals surface area contributed by atoms with Crippen molar-refractivity contribution in [3.8, 4) is 6.07 Å². The number of aryl methyl sites for hydroxylation is 1. The molecule has 1 saturated heterocycles. The number of nitriles is 1. The van der Waals surface area contributed by atoms with E-state index >= 15 is 0 Å². The average molecular weight is 460 g/mol. The number of hydrogen-bond donors (Lipinski definition) is 0. The molecule has 3 rings (SSSR count). The number of amides is 1. The normalized spacial score (nSPS) is 19.2. The minimum atomic E-state index is -0.0487. The van der Waals surface area contributed by atoms with Crippen molar-refractivity contribution in [1.29, 1.82) is 5.26 Å². The molecule has 1 fully saturated rings. The summed E-state index contributed by atoms with van der Waals surface area (Å²) in [5, 5.41) is 10.0. The second-order valence-corrected chi connectivity index (χ2v) is 9.26. The van der Waals surface area contributed by atoms with Gasteiger partial charge in [-0.1, -0.05) is 49.4 Å². The number of carbonyl (C=O) groups excluding carboxylic acids is 1. The first kappa shape index (κ1) is 25.3. The van der Waals surface area contributed by atoms with Gasteiger partial charge in [0.15, 0.2) is 0 Å². The van der Waals surface area contributed by atoms with E-state index in [1.54, 1.807) is 11.2 Å². The number of aliphatic imine (C=N–C) groups is 1. The van der Waals surface area contributed by atoms with Crippen LogP contribution in [0.1, 0.15) is 51.2 Å². The van der Waals surface area contributed by atoms with E-state index in [0.29, 0.717) is 18.7 Å². The number of nitrogens with zero attached hydrogens (tertiary/aromatic N) is 5. The van der Waals surface area contributed by atoms with E-state index in [1.165, 1.54) is 17.6 Å². The van der Waals surface area contributed by atoms with Crippen LogP contribution >= 0.6 is 0 Å². The molecule has 0 bridgehead atoms. The fraction of sp³-hybridized carbons (Fsp3) is 0.464. The van der Waals surface area contributed by atoms with E-state index in [1.807, 2.05) is 12.1 Å². The number of rotatable bonds is 7. The van der Waals surface area contributed by atoms with E-state index in [9.17, 15) is 10.1 Å². The van der Waals surface area contributed by atoms with Gasteiger partial charge in [0.25, 0.3) is 0 Å². The molecular formula is C28H37N5O. The van der Waals surface area contributed by atoms with Gasteiger partial charge in [0, 0.05) is 19.6 Å². The number of piperidine rings is 1. The predicted octanol–water partition coefficient (Wildman–Crippen LogP) is 4.62. The lowest BCUT2D eigenvalue weighted by atomic mass is 10.0. The molecule has 180 valence electrons. The van der Waals surface area contributed by atoms with E-state index < -0.39 is 0 Å². The number of benzene rings is 1. The van der Waals surface area contributed by atoms with Crippen molar-refractivity contribution < 1.29 is 4.79 Å². The van der Waals surface area contributed by atoms with Gasteiger partial charge in [-0.25, -0.2) is 0 Å². The molecule has 0 atom stereocenters. The molecule has 1 amide bonds. The summed E-state index contributed by atoms with van der Waals surface area (Å²) in [5.74, 6) is 0.814. The number of hydrogen-bond acceptors (Lipinski definition) is 5. The van der Waals surface area contributed by atoms with Crippen molar-refractivity contribution in [1.82, 2.24) is 14.7 Å². The van der Waals surface area contributed by atoms with E-state index in [0.717, 1.165) is 49.3 Å². The van der Waals surface area contributed by atoms with Gasteiger partial charge in [-0.3, -0.25) is 14.7 Å². The molecule has 6 nitrogen and oxygen atoms in total. The van der Waals surface area contributed by atoms with Gasteiger partial charge < -0.3 is 9.80 Å². The fourth-order valence-corrected chi connectivity index (χ4v) is 4.35. The molecule has 0 unspecified atom stereocenters. The molecule has 1 aromatic rings. The van der Waals surface area contributed by atoms with Crippen LogP contribution in [0.15, 0.2) is 58.9 Å². The highest BCUT2D eigenvalue weighted by Gasteiger charge is 2.27. The summed E-state index contributed by atoms with van der Waals surface area (Å²) in [5.41, 5.74) is 4.94. The molecule has 2 aliphatic heterocycles. The molecule has 6 heteroatoms. The van der Waals surface area contributed by atoms with Gasteiger partial charge in [0.1, 0.15) is 11.9 Å². The maximum Gasteiger partial charge on any atom is 0.247 e. The lowest BCUT2D eigenvalue weighted by molar-refractivity contribution is -0.127. The second-order valence-electron chi connectivity index (χ2n) is 9.26. The topological polar surface area (TPSA) is 62.9 Å². The standard InChI is InChI=1S/C28H37N5O/c1-5-24-10-9-11-25(16-24)23(4)19-33-21-30-18-26(17-29)28(31-13-7-6-8-14-31)32(20-27(33)34)15-12-22(2)3/h9-12,16,21H,4-8,13-15,18-20H2,1-3H3/b28-26-,30-21?. The fourth-order valence-electron chi connectivity index (χ4n) is 4.35. The minimum Gasteiger partial charge on any atom is -0.357 e. The summed E-state index contributed by atoms with van der Waals surface area (Å²) < 4.78 is 0. The summed E-state index contributed by atoms with van der Waals surface area (Å²) in [4.78, 5) is 24.0. The summed E-state index contributed by atoms with van der Waals surface area (Å²) >= 11 is 0. The molecule has 34 heavy (non-hydrogen) atoms. The van der Waals surface area contributed by atoms with Crippen molar-refractivity contribution in [3.05, 3.63) is 65.0 Å². The zero-order valence-electron chi connectivity index (χ0n) is 20.9. The third kappa shape index (κ3) is 6.60. The largest absolute Gasteiger partial charge is 0.357 e. The first-order valence-electron chi connectivity index (χ1n) is 12.3. The Morgan fingerprint density at radius 2 is 2.00 bits per heavy atom.